The molecule has 1 N–H and O–H groups in total. The van der Waals surface area contributed by atoms with Crippen molar-refractivity contribution in [2.75, 3.05) is 0 Å². The lowest BCUT2D eigenvalue weighted by molar-refractivity contribution is 0.151. The molecular formula is C10H14N2OS. The molecule has 1 unspecified atom stereocenters. The standard InChI is InChI=1S/C10H14N2OS/c13-8(6-1-2-6)5-9-11-10(12-14-9)7-3-4-7/h6-8,13H,1-5H2. The molecule has 1 atom stereocenters. The Hall–Kier alpha value is -0.480. The van der Waals surface area contributed by atoms with Crippen LogP contribution in [0.4, 0.5) is 0 Å². The Kier molecular flexibility index (Phi) is 2.06. The number of rotatable bonds is 4. The molecule has 1 heterocycles. The topological polar surface area (TPSA) is 46.0 Å². The molecule has 4 heteroatoms. The molecule has 2 fully saturated rings. The minimum Gasteiger partial charge on any atom is -0.392 e. The molecule has 0 radical (unpaired) electrons. The second-order valence-corrected chi connectivity index (χ2v) is 5.27. The van der Waals surface area contributed by atoms with Crippen molar-refractivity contribution in [3.63, 3.8) is 0 Å². The van der Waals surface area contributed by atoms with Gasteiger partial charge in [-0.25, -0.2) is 4.98 Å². The molecular weight excluding hydrogens is 196 g/mol. The van der Waals surface area contributed by atoms with E-state index in [1.807, 2.05) is 0 Å². The Morgan fingerprint density at radius 1 is 1.36 bits per heavy atom. The summed E-state index contributed by atoms with van der Waals surface area (Å²) in [6, 6.07) is 0. The molecule has 76 valence electrons. The zero-order valence-electron chi connectivity index (χ0n) is 8.02. The van der Waals surface area contributed by atoms with Gasteiger partial charge in [-0.15, -0.1) is 0 Å². The van der Waals surface area contributed by atoms with E-state index in [0.29, 0.717) is 11.8 Å². The van der Waals surface area contributed by atoms with E-state index in [1.54, 1.807) is 0 Å². The lowest BCUT2D eigenvalue weighted by atomic mass is 10.2. The molecule has 0 bridgehead atoms. The quantitative estimate of drug-likeness (QED) is 0.823. The van der Waals surface area contributed by atoms with Gasteiger partial charge in [-0.05, 0) is 43.1 Å². The summed E-state index contributed by atoms with van der Waals surface area (Å²) in [6.45, 7) is 0. The summed E-state index contributed by atoms with van der Waals surface area (Å²) in [5, 5.41) is 10.8. The first kappa shape index (κ1) is 8.80. The highest BCUT2D eigenvalue weighted by Crippen LogP contribution is 2.39. The van der Waals surface area contributed by atoms with Gasteiger partial charge in [0.2, 0.25) is 0 Å². The number of aliphatic hydroxyl groups is 1. The molecule has 1 aromatic heterocycles. The van der Waals surface area contributed by atoms with Crippen molar-refractivity contribution in [2.24, 2.45) is 5.92 Å². The molecule has 14 heavy (non-hydrogen) atoms. The van der Waals surface area contributed by atoms with E-state index in [9.17, 15) is 5.11 Å². The van der Waals surface area contributed by atoms with Crippen LogP contribution in [-0.4, -0.2) is 20.6 Å². The second-order valence-electron chi connectivity index (χ2n) is 4.43. The van der Waals surface area contributed by atoms with Crippen LogP contribution in [0.1, 0.15) is 42.4 Å². The Morgan fingerprint density at radius 2 is 2.14 bits per heavy atom. The highest BCUT2D eigenvalue weighted by Gasteiger charge is 2.32. The Bertz CT molecular complexity index is 331. The third-order valence-electron chi connectivity index (χ3n) is 2.98. The first-order valence-corrected chi connectivity index (χ1v) is 6.11. The predicted octanol–water partition coefficient (Wildman–Crippen LogP) is 1.73. The van der Waals surface area contributed by atoms with Gasteiger partial charge >= 0.3 is 0 Å². The van der Waals surface area contributed by atoms with Crippen LogP contribution >= 0.6 is 11.5 Å². The SMILES string of the molecule is OC(Cc1nc(C2CC2)ns1)C1CC1. The van der Waals surface area contributed by atoms with Crippen molar-refractivity contribution in [3.05, 3.63) is 10.8 Å². The van der Waals surface area contributed by atoms with Crippen molar-refractivity contribution in [2.45, 2.75) is 44.1 Å². The van der Waals surface area contributed by atoms with Gasteiger partial charge < -0.3 is 5.11 Å². The van der Waals surface area contributed by atoms with Crippen molar-refractivity contribution in [1.29, 1.82) is 0 Å². The summed E-state index contributed by atoms with van der Waals surface area (Å²) in [4.78, 5) is 4.47. The van der Waals surface area contributed by atoms with E-state index in [0.717, 1.165) is 17.3 Å². The zero-order valence-corrected chi connectivity index (χ0v) is 8.83. The van der Waals surface area contributed by atoms with Gasteiger partial charge in [0, 0.05) is 12.3 Å². The van der Waals surface area contributed by atoms with Crippen molar-refractivity contribution in [3.8, 4) is 0 Å². The maximum absolute atomic E-state index is 9.74. The maximum atomic E-state index is 9.74. The fourth-order valence-corrected chi connectivity index (χ4v) is 2.45. The normalized spacial score (nSPS) is 23.8. The van der Waals surface area contributed by atoms with Crippen molar-refractivity contribution >= 4 is 11.5 Å². The average Bonchev–Trinajstić information content (AvgIpc) is 3.06. The van der Waals surface area contributed by atoms with Crippen LogP contribution in [-0.2, 0) is 6.42 Å². The lowest BCUT2D eigenvalue weighted by Gasteiger charge is -2.04. The molecule has 0 aromatic carbocycles. The van der Waals surface area contributed by atoms with E-state index >= 15 is 0 Å². The largest absolute Gasteiger partial charge is 0.392 e. The van der Waals surface area contributed by atoms with Gasteiger partial charge in [0.25, 0.3) is 0 Å². The van der Waals surface area contributed by atoms with E-state index in [1.165, 1.54) is 37.2 Å². The van der Waals surface area contributed by atoms with Gasteiger partial charge in [0.15, 0.2) is 0 Å². The van der Waals surface area contributed by atoms with Crippen LogP contribution < -0.4 is 0 Å². The molecule has 2 saturated carbocycles. The molecule has 3 rings (SSSR count). The van der Waals surface area contributed by atoms with E-state index in [-0.39, 0.29) is 6.10 Å². The highest BCUT2D eigenvalue weighted by atomic mass is 32.1. The Balaban J connectivity index is 1.63. The number of nitrogens with zero attached hydrogens (tertiary/aromatic N) is 2. The summed E-state index contributed by atoms with van der Waals surface area (Å²) in [7, 11) is 0. The molecule has 2 aliphatic carbocycles. The number of aliphatic hydroxyl groups excluding tert-OH is 1. The van der Waals surface area contributed by atoms with E-state index in [2.05, 4.69) is 9.36 Å². The van der Waals surface area contributed by atoms with Gasteiger partial charge in [0.05, 0.1) is 6.10 Å². The number of aromatic nitrogens is 2. The molecule has 2 aliphatic rings. The fourth-order valence-electron chi connectivity index (χ4n) is 1.68. The first-order chi connectivity index (χ1) is 6.83. The molecule has 1 aromatic rings. The van der Waals surface area contributed by atoms with Gasteiger partial charge in [-0.2, -0.15) is 4.37 Å². The Labute approximate surface area is 87.4 Å². The van der Waals surface area contributed by atoms with Crippen LogP contribution in [0.5, 0.6) is 0 Å². The molecule has 0 aliphatic heterocycles. The van der Waals surface area contributed by atoms with Gasteiger partial charge in [0.1, 0.15) is 10.8 Å². The van der Waals surface area contributed by atoms with Gasteiger partial charge in [-0.1, -0.05) is 0 Å². The lowest BCUT2D eigenvalue weighted by Crippen LogP contribution is -2.12. The van der Waals surface area contributed by atoms with Crippen LogP contribution in [0.15, 0.2) is 0 Å². The summed E-state index contributed by atoms with van der Waals surface area (Å²) in [5.41, 5.74) is 0. The predicted molar refractivity (Wildman–Crippen MR) is 54.3 cm³/mol. The minimum absolute atomic E-state index is 0.171. The summed E-state index contributed by atoms with van der Waals surface area (Å²) < 4.78 is 4.33. The molecule has 0 amide bonds. The monoisotopic (exact) mass is 210 g/mol. The average molecular weight is 210 g/mol. The number of hydrogen-bond donors (Lipinski definition) is 1. The number of hydrogen-bond acceptors (Lipinski definition) is 4. The molecule has 0 spiro atoms. The third kappa shape index (κ3) is 1.81. The van der Waals surface area contributed by atoms with Crippen LogP contribution in [0.2, 0.25) is 0 Å². The van der Waals surface area contributed by atoms with E-state index < -0.39 is 0 Å². The maximum Gasteiger partial charge on any atom is 0.145 e. The molecule has 0 saturated heterocycles. The minimum atomic E-state index is -0.171. The van der Waals surface area contributed by atoms with Crippen molar-refractivity contribution in [1.82, 2.24) is 9.36 Å². The third-order valence-corrected chi connectivity index (χ3v) is 3.72. The smallest absolute Gasteiger partial charge is 0.145 e. The summed E-state index contributed by atoms with van der Waals surface area (Å²) in [6.07, 6.45) is 5.43. The Morgan fingerprint density at radius 3 is 2.79 bits per heavy atom. The van der Waals surface area contributed by atoms with E-state index in [4.69, 9.17) is 0 Å². The van der Waals surface area contributed by atoms with Crippen LogP contribution in [0, 0.1) is 5.92 Å². The van der Waals surface area contributed by atoms with Gasteiger partial charge in [-0.3, -0.25) is 0 Å². The molecule has 3 nitrogen and oxygen atoms in total. The second kappa shape index (κ2) is 3.28. The van der Waals surface area contributed by atoms with Crippen LogP contribution in [0.25, 0.3) is 0 Å². The van der Waals surface area contributed by atoms with Crippen LogP contribution in [0.3, 0.4) is 0 Å². The first-order valence-electron chi connectivity index (χ1n) is 5.33. The highest BCUT2D eigenvalue weighted by molar-refractivity contribution is 7.05. The zero-order chi connectivity index (χ0) is 9.54. The fraction of sp³-hybridized carbons (Fsp3) is 0.800. The summed E-state index contributed by atoms with van der Waals surface area (Å²) >= 11 is 1.47. The summed E-state index contributed by atoms with van der Waals surface area (Å²) in [5.74, 6) is 2.20. The van der Waals surface area contributed by atoms with Crippen molar-refractivity contribution < 1.29 is 5.11 Å².